The summed E-state index contributed by atoms with van der Waals surface area (Å²) < 4.78 is 44.4. The van der Waals surface area contributed by atoms with Gasteiger partial charge in [-0.3, -0.25) is 4.90 Å². The summed E-state index contributed by atoms with van der Waals surface area (Å²) >= 11 is 0. The number of alkyl halides is 2. The first-order valence-electron chi connectivity index (χ1n) is 6.68. The molecule has 2 rings (SSSR count). The van der Waals surface area contributed by atoms with E-state index in [2.05, 4.69) is 5.32 Å². The summed E-state index contributed by atoms with van der Waals surface area (Å²) in [4.78, 5) is 1.96. The van der Waals surface area contributed by atoms with Gasteiger partial charge < -0.3 is 10.1 Å². The molecule has 7 heteroatoms. The van der Waals surface area contributed by atoms with Gasteiger partial charge >= 0.3 is 0 Å². The van der Waals surface area contributed by atoms with Gasteiger partial charge in [0.15, 0.2) is 0 Å². The van der Waals surface area contributed by atoms with E-state index in [1.54, 1.807) is 0 Å². The first-order chi connectivity index (χ1) is 9.61. The number of hydrogen-bond acceptors (Lipinski definition) is 3. The van der Waals surface area contributed by atoms with E-state index in [1.807, 2.05) is 4.90 Å². The van der Waals surface area contributed by atoms with E-state index in [0.29, 0.717) is 24.4 Å². The zero-order valence-electron chi connectivity index (χ0n) is 11.8. The lowest BCUT2D eigenvalue weighted by molar-refractivity contribution is 0.0728. The van der Waals surface area contributed by atoms with Crippen LogP contribution in [-0.4, -0.2) is 44.6 Å². The topological polar surface area (TPSA) is 24.5 Å². The first-order valence-corrected chi connectivity index (χ1v) is 6.68. The Morgan fingerprint density at radius 3 is 2.52 bits per heavy atom. The Hall–Kier alpha value is -0.980. The minimum Gasteiger partial charge on any atom is -0.496 e. The highest BCUT2D eigenvalue weighted by Crippen LogP contribution is 2.34. The fourth-order valence-electron chi connectivity index (χ4n) is 2.60. The van der Waals surface area contributed by atoms with Crippen molar-refractivity contribution in [3.63, 3.8) is 0 Å². The molecule has 0 radical (unpaired) electrons. The molecule has 0 saturated carbocycles. The normalized spacial score (nSPS) is 17.4. The number of benzene rings is 1. The van der Waals surface area contributed by atoms with Gasteiger partial charge in [0, 0.05) is 44.2 Å². The fraction of sp³-hybridized carbons (Fsp3) is 0.571. The van der Waals surface area contributed by atoms with Crippen molar-refractivity contribution in [1.82, 2.24) is 10.2 Å². The van der Waals surface area contributed by atoms with Crippen molar-refractivity contribution >= 4 is 12.4 Å². The molecule has 0 aromatic heterocycles. The van der Waals surface area contributed by atoms with Crippen LogP contribution in [0.4, 0.5) is 13.2 Å². The predicted molar refractivity (Wildman–Crippen MR) is 78.0 cm³/mol. The maximum absolute atomic E-state index is 13.5. The van der Waals surface area contributed by atoms with Crippen LogP contribution < -0.4 is 10.1 Å². The maximum atomic E-state index is 13.5. The average Bonchev–Trinajstić information content (AvgIpc) is 2.45. The number of halogens is 4. The second-order valence-electron chi connectivity index (χ2n) is 4.81. The van der Waals surface area contributed by atoms with Crippen LogP contribution in [0.15, 0.2) is 18.2 Å². The minimum atomic E-state index is -2.44. The molecule has 1 fully saturated rings. The molecule has 1 aromatic carbocycles. The Bertz CT molecular complexity index is 442. The lowest BCUT2D eigenvalue weighted by Gasteiger charge is -2.35. The van der Waals surface area contributed by atoms with E-state index in [0.717, 1.165) is 13.1 Å². The van der Waals surface area contributed by atoms with Crippen molar-refractivity contribution in [2.24, 2.45) is 0 Å². The molecule has 1 aromatic rings. The van der Waals surface area contributed by atoms with Gasteiger partial charge in [0.25, 0.3) is 0 Å². The number of ether oxygens (including phenoxy) is 1. The number of hydrogen-bond donors (Lipinski definition) is 1. The molecule has 1 atom stereocenters. The van der Waals surface area contributed by atoms with Crippen LogP contribution in [0.3, 0.4) is 0 Å². The number of nitrogens with one attached hydrogen (secondary N) is 1. The average molecular weight is 325 g/mol. The molecular formula is C14H20ClF3N2O. The third-order valence-corrected chi connectivity index (χ3v) is 3.54. The highest BCUT2D eigenvalue weighted by atomic mass is 35.5. The summed E-state index contributed by atoms with van der Waals surface area (Å²) in [6.45, 7) is 2.82. The van der Waals surface area contributed by atoms with Crippen LogP contribution in [0.25, 0.3) is 0 Å². The molecule has 21 heavy (non-hydrogen) atoms. The summed E-state index contributed by atoms with van der Waals surface area (Å²) in [5.41, 5.74) is 0.495. The lowest BCUT2D eigenvalue weighted by Crippen LogP contribution is -2.45. The van der Waals surface area contributed by atoms with Crippen molar-refractivity contribution in [3.05, 3.63) is 29.6 Å². The molecule has 120 valence electrons. The Kier molecular flexibility index (Phi) is 7.28. The van der Waals surface area contributed by atoms with E-state index in [-0.39, 0.29) is 18.8 Å². The molecule has 3 nitrogen and oxygen atoms in total. The van der Waals surface area contributed by atoms with Gasteiger partial charge in [0.05, 0.1) is 7.11 Å². The molecule has 0 spiro atoms. The summed E-state index contributed by atoms with van der Waals surface area (Å²) in [6, 6.07) is 3.54. The summed E-state index contributed by atoms with van der Waals surface area (Å²) in [7, 11) is 1.47. The van der Waals surface area contributed by atoms with E-state index in [9.17, 15) is 13.2 Å². The van der Waals surface area contributed by atoms with Crippen LogP contribution in [0.2, 0.25) is 0 Å². The Morgan fingerprint density at radius 2 is 1.95 bits per heavy atom. The molecular weight excluding hydrogens is 305 g/mol. The molecule has 0 amide bonds. The van der Waals surface area contributed by atoms with Gasteiger partial charge in [-0.05, 0) is 18.2 Å². The summed E-state index contributed by atoms with van der Waals surface area (Å²) in [6.07, 6.45) is -2.76. The Balaban J connectivity index is 0.00000220. The van der Waals surface area contributed by atoms with E-state index < -0.39 is 18.3 Å². The molecule has 0 aliphatic carbocycles. The number of piperazine rings is 1. The Morgan fingerprint density at radius 1 is 1.29 bits per heavy atom. The van der Waals surface area contributed by atoms with Gasteiger partial charge in [-0.1, -0.05) is 0 Å². The second kappa shape index (κ2) is 8.46. The summed E-state index contributed by atoms with van der Waals surface area (Å²) in [5, 5.41) is 3.18. The maximum Gasteiger partial charge on any atom is 0.240 e. The SMILES string of the molecule is COc1ccc(F)cc1[C@@H](CC(F)F)N1CCNCC1.Cl. The predicted octanol–water partition coefficient (Wildman–Crippen LogP) is 2.86. The van der Waals surface area contributed by atoms with Gasteiger partial charge in [-0.15, -0.1) is 12.4 Å². The second-order valence-corrected chi connectivity index (χ2v) is 4.81. The van der Waals surface area contributed by atoms with Crippen molar-refractivity contribution in [3.8, 4) is 5.75 Å². The number of nitrogens with zero attached hydrogens (tertiary/aromatic N) is 1. The van der Waals surface area contributed by atoms with Gasteiger partial charge in [-0.2, -0.15) is 0 Å². The van der Waals surface area contributed by atoms with Crippen LogP contribution in [0.1, 0.15) is 18.0 Å². The van der Waals surface area contributed by atoms with Crippen LogP contribution in [-0.2, 0) is 0 Å². The van der Waals surface area contributed by atoms with Crippen molar-refractivity contribution in [2.45, 2.75) is 18.9 Å². The van der Waals surface area contributed by atoms with Crippen LogP contribution in [0.5, 0.6) is 5.75 Å². The van der Waals surface area contributed by atoms with E-state index in [4.69, 9.17) is 4.74 Å². The van der Waals surface area contributed by atoms with Crippen LogP contribution >= 0.6 is 12.4 Å². The molecule has 1 aliphatic rings. The third kappa shape index (κ3) is 4.76. The van der Waals surface area contributed by atoms with Crippen molar-refractivity contribution in [2.75, 3.05) is 33.3 Å². The van der Waals surface area contributed by atoms with Crippen LogP contribution in [0, 0.1) is 5.82 Å². The van der Waals surface area contributed by atoms with E-state index in [1.165, 1.54) is 25.3 Å². The zero-order valence-corrected chi connectivity index (χ0v) is 12.6. The largest absolute Gasteiger partial charge is 0.496 e. The van der Waals surface area contributed by atoms with E-state index >= 15 is 0 Å². The number of rotatable bonds is 5. The number of methoxy groups -OCH3 is 1. The standard InChI is InChI=1S/C14H19F3N2O.ClH/c1-20-13-3-2-10(15)8-11(13)12(9-14(16)17)19-6-4-18-5-7-19;/h2-3,8,12,14,18H,4-7,9H2,1H3;1H/t12-;/m1./s1. The quantitative estimate of drug-likeness (QED) is 0.901. The van der Waals surface area contributed by atoms with Gasteiger partial charge in [0.1, 0.15) is 11.6 Å². The third-order valence-electron chi connectivity index (χ3n) is 3.54. The molecule has 1 aliphatic heterocycles. The Labute approximate surface area is 128 Å². The van der Waals surface area contributed by atoms with Gasteiger partial charge in [0.2, 0.25) is 6.43 Å². The minimum absolute atomic E-state index is 0. The highest BCUT2D eigenvalue weighted by molar-refractivity contribution is 5.85. The lowest BCUT2D eigenvalue weighted by atomic mass is 10.00. The molecule has 1 heterocycles. The molecule has 1 saturated heterocycles. The smallest absolute Gasteiger partial charge is 0.240 e. The zero-order chi connectivity index (χ0) is 14.5. The molecule has 0 bridgehead atoms. The van der Waals surface area contributed by atoms with Gasteiger partial charge in [-0.25, -0.2) is 13.2 Å². The highest BCUT2D eigenvalue weighted by Gasteiger charge is 2.28. The summed E-state index contributed by atoms with van der Waals surface area (Å²) in [5.74, 6) is 0.0192. The molecule has 0 unspecified atom stereocenters. The fourth-order valence-corrected chi connectivity index (χ4v) is 2.60. The molecule has 1 N–H and O–H groups in total. The van der Waals surface area contributed by atoms with Crippen molar-refractivity contribution < 1.29 is 17.9 Å². The van der Waals surface area contributed by atoms with Crippen molar-refractivity contribution in [1.29, 1.82) is 0 Å². The first kappa shape index (κ1) is 18.1. The monoisotopic (exact) mass is 324 g/mol.